The first kappa shape index (κ1) is 10.8. The van der Waals surface area contributed by atoms with Crippen molar-refractivity contribution in [1.29, 1.82) is 0 Å². The molecule has 88 valence electrons. The van der Waals surface area contributed by atoms with E-state index in [1.165, 1.54) is 11.3 Å². The Hall–Kier alpha value is -1.34. The molecule has 1 aliphatic heterocycles. The number of rotatable bonds is 3. The highest BCUT2D eigenvalue weighted by Crippen LogP contribution is 2.37. The summed E-state index contributed by atoms with van der Waals surface area (Å²) in [6, 6.07) is 3.87. The fraction of sp³-hybridized carbons (Fsp3) is 0.200. The summed E-state index contributed by atoms with van der Waals surface area (Å²) in [6.07, 6.45) is 0. The fourth-order valence-corrected chi connectivity index (χ4v) is 2.42. The van der Waals surface area contributed by atoms with Gasteiger partial charge in [0.05, 0.1) is 0 Å². The van der Waals surface area contributed by atoms with Crippen LogP contribution in [0.4, 0.5) is 5.13 Å². The maximum absolute atomic E-state index is 5.33. The van der Waals surface area contributed by atoms with Gasteiger partial charge < -0.3 is 14.8 Å². The monoisotopic (exact) mass is 313 g/mol. The summed E-state index contributed by atoms with van der Waals surface area (Å²) in [6.45, 7) is 0.946. The first-order valence-electron chi connectivity index (χ1n) is 4.91. The molecule has 17 heavy (non-hydrogen) atoms. The maximum atomic E-state index is 5.33. The summed E-state index contributed by atoms with van der Waals surface area (Å²) in [5, 5.41) is 11.7. The van der Waals surface area contributed by atoms with Gasteiger partial charge in [0.15, 0.2) is 11.5 Å². The number of halogens is 1. The third-order valence-corrected chi connectivity index (χ3v) is 3.72. The van der Waals surface area contributed by atoms with E-state index in [1.54, 1.807) is 5.51 Å². The fourth-order valence-electron chi connectivity index (χ4n) is 1.52. The van der Waals surface area contributed by atoms with Crippen LogP contribution in [0.15, 0.2) is 22.1 Å². The first-order chi connectivity index (χ1) is 8.33. The Morgan fingerprint density at radius 2 is 2.18 bits per heavy atom. The minimum absolute atomic E-state index is 0.287. The minimum atomic E-state index is 0.287. The van der Waals surface area contributed by atoms with Crippen LogP contribution in [-0.4, -0.2) is 17.0 Å². The molecule has 0 amide bonds. The molecule has 0 radical (unpaired) electrons. The van der Waals surface area contributed by atoms with Crippen LogP contribution in [-0.2, 0) is 6.54 Å². The Bertz CT molecular complexity index is 533. The van der Waals surface area contributed by atoms with Crippen molar-refractivity contribution < 1.29 is 9.47 Å². The van der Waals surface area contributed by atoms with Crippen molar-refractivity contribution in [3.05, 3.63) is 27.7 Å². The van der Waals surface area contributed by atoms with Gasteiger partial charge >= 0.3 is 0 Å². The van der Waals surface area contributed by atoms with E-state index in [1.807, 2.05) is 12.1 Å². The van der Waals surface area contributed by atoms with E-state index in [-0.39, 0.29) is 6.79 Å². The normalized spacial score (nSPS) is 12.8. The molecule has 1 N–H and O–H groups in total. The van der Waals surface area contributed by atoms with E-state index in [2.05, 4.69) is 31.4 Å². The molecule has 0 aliphatic carbocycles. The van der Waals surface area contributed by atoms with Crippen LogP contribution in [0.3, 0.4) is 0 Å². The quantitative estimate of drug-likeness (QED) is 0.944. The van der Waals surface area contributed by atoms with Crippen molar-refractivity contribution in [2.24, 2.45) is 0 Å². The number of benzene rings is 1. The van der Waals surface area contributed by atoms with E-state index >= 15 is 0 Å². The lowest BCUT2D eigenvalue weighted by atomic mass is 10.2. The Balaban J connectivity index is 1.79. The van der Waals surface area contributed by atoms with Crippen molar-refractivity contribution in [3.8, 4) is 11.5 Å². The van der Waals surface area contributed by atoms with Gasteiger partial charge in [0.1, 0.15) is 5.51 Å². The third-order valence-electron chi connectivity index (χ3n) is 2.33. The highest BCUT2D eigenvalue weighted by molar-refractivity contribution is 9.10. The van der Waals surface area contributed by atoms with Crippen LogP contribution in [0.2, 0.25) is 0 Å². The van der Waals surface area contributed by atoms with Gasteiger partial charge in [0.25, 0.3) is 0 Å². The summed E-state index contributed by atoms with van der Waals surface area (Å²) >= 11 is 4.97. The molecule has 2 aromatic rings. The van der Waals surface area contributed by atoms with Crippen LogP contribution in [0, 0.1) is 0 Å². The summed E-state index contributed by atoms with van der Waals surface area (Å²) in [7, 11) is 0. The van der Waals surface area contributed by atoms with Gasteiger partial charge in [-0.15, -0.1) is 10.2 Å². The Labute approximate surface area is 110 Å². The van der Waals surface area contributed by atoms with Gasteiger partial charge in [-0.25, -0.2) is 0 Å². The molecular weight excluding hydrogens is 306 g/mol. The highest BCUT2D eigenvalue weighted by atomic mass is 79.9. The molecule has 0 atom stereocenters. The minimum Gasteiger partial charge on any atom is -0.454 e. The lowest BCUT2D eigenvalue weighted by Crippen LogP contribution is -2.00. The van der Waals surface area contributed by atoms with E-state index < -0.39 is 0 Å². The Morgan fingerprint density at radius 3 is 2.94 bits per heavy atom. The van der Waals surface area contributed by atoms with Crippen LogP contribution in [0.25, 0.3) is 0 Å². The topological polar surface area (TPSA) is 56.3 Å². The lowest BCUT2D eigenvalue weighted by molar-refractivity contribution is 0.174. The first-order valence-corrected chi connectivity index (χ1v) is 6.58. The molecule has 0 bridgehead atoms. The second-order valence-electron chi connectivity index (χ2n) is 3.39. The van der Waals surface area contributed by atoms with Gasteiger partial charge in [-0.1, -0.05) is 27.3 Å². The molecule has 3 rings (SSSR count). The molecule has 0 spiro atoms. The molecule has 5 nitrogen and oxygen atoms in total. The van der Waals surface area contributed by atoms with Crippen LogP contribution in [0.1, 0.15) is 5.56 Å². The average molecular weight is 314 g/mol. The number of anilines is 1. The van der Waals surface area contributed by atoms with E-state index in [0.717, 1.165) is 26.7 Å². The van der Waals surface area contributed by atoms with Crippen molar-refractivity contribution in [2.75, 3.05) is 12.1 Å². The molecular formula is C10H8BrN3O2S. The molecule has 1 aromatic carbocycles. The predicted molar refractivity (Wildman–Crippen MR) is 67.5 cm³/mol. The molecule has 0 unspecified atom stereocenters. The van der Waals surface area contributed by atoms with Gasteiger partial charge in [0, 0.05) is 11.0 Å². The number of nitrogens with zero attached hydrogens (tertiary/aromatic N) is 2. The zero-order valence-corrected chi connectivity index (χ0v) is 11.0. The van der Waals surface area contributed by atoms with Gasteiger partial charge in [-0.05, 0) is 17.7 Å². The smallest absolute Gasteiger partial charge is 0.231 e. The summed E-state index contributed by atoms with van der Waals surface area (Å²) < 4.78 is 11.6. The molecule has 0 fully saturated rings. The molecule has 0 saturated carbocycles. The standard InChI is InChI=1S/C10H8BrN3O2S/c11-7-2-9-8(15-5-16-9)1-6(7)3-12-10-14-13-4-17-10/h1-2,4H,3,5H2,(H,12,14). The third kappa shape index (κ3) is 2.20. The van der Waals surface area contributed by atoms with E-state index in [9.17, 15) is 0 Å². The average Bonchev–Trinajstić information content (AvgIpc) is 2.95. The summed E-state index contributed by atoms with van der Waals surface area (Å²) in [5.41, 5.74) is 2.78. The Morgan fingerprint density at radius 1 is 1.35 bits per heavy atom. The molecule has 2 heterocycles. The number of ether oxygens (including phenoxy) is 2. The number of aromatic nitrogens is 2. The largest absolute Gasteiger partial charge is 0.454 e. The van der Waals surface area contributed by atoms with Crippen LogP contribution < -0.4 is 14.8 Å². The summed E-state index contributed by atoms with van der Waals surface area (Å²) in [4.78, 5) is 0. The van der Waals surface area contributed by atoms with E-state index in [4.69, 9.17) is 9.47 Å². The number of hydrogen-bond acceptors (Lipinski definition) is 6. The number of hydrogen-bond donors (Lipinski definition) is 1. The number of nitrogens with one attached hydrogen (secondary N) is 1. The van der Waals surface area contributed by atoms with Crippen molar-refractivity contribution in [3.63, 3.8) is 0 Å². The predicted octanol–water partition coefficient (Wildman–Crippen LogP) is 2.64. The molecule has 1 aliphatic rings. The molecule has 7 heteroatoms. The van der Waals surface area contributed by atoms with Crippen molar-refractivity contribution in [1.82, 2.24) is 10.2 Å². The highest BCUT2D eigenvalue weighted by Gasteiger charge is 2.16. The zero-order chi connectivity index (χ0) is 11.7. The Kier molecular flexibility index (Phi) is 2.86. The van der Waals surface area contributed by atoms with Gasteiger partial charge in [0.2, 0.25) is 11.9 Å². The van der Waals surface area contributed by atoms with Gasteiger partial charge in [-0.3, -0.25) is 0 Å². The number of fused-ring (bicyclic) bond motifs is 1. The van der Waals surface area contributed by atoms with Crippen molar-refractivity contribution in [2.45, 2.75) is 6.54 Å². The maximum Gasteiger partial charge on any atom is 0.231 e. The van der Waals surface area contributed by atoms with Crippen LogP contribution >= 0.6 is 27.3 Å². The van der Waals surface area contributed by atoms with Crippen LogP contribution in [0.5, 0.6) is 11.5 Å². The zero-order valence-electron chi connectivity index (χ0n) is 8.64. The van der Waals surface area contributed by atoms with E-state index in [0.29, 0.717) is 6.54 Å². The second-order valence-corrected chi connectivity index (χ2v) is 5.08. The molecule has 0 saturated heterocycles. The van der Waals surface area contributed by atoms with Gasteiger partial charge in [-0.2, -0.15) is 0 Å². The van der Waals surface area contributed by atoms with Crippen molar-refractivity contribution >= 4 is 32.4 Å². The summed E-state index contributed by atoms with van der Waals surface area (Å²) in [5.74, 6) is 1.55. The second kappa shape index (κ2) is 4.50. The SMILES string of the molecule is Brc1cc2c(cc1CNc1nncs1)OCO2. The molecule has 1 aromatic heterocycles. The lowest BCUT2D eigenvalue weighted by Gasteiger charge is -2.06.